The number of nitrogens with one attached hydrogen (secondary N) is 2. The summed E-state index contributed by atoms with van der Waals surface area (Å²) >= 11 is 7.80. The van der Waals surface area contributed by atoms with Crippen LogP contribution in [0.1, 0.15) is 17.2 Å². The van der Waals surface area contributed by atoms with E-state index in [0.717, 1.165) is 22.4 Å². The third kappa shape index (κ3) is 4.34. The third-order valence-electron chi connectivity index (χ3n) is 5.58. The van der Waals surface area contributed by atoms with Crippen molar-refractivity contribution >= 4 is 35.0 Å². The Hall–Kier alpha value is -3.49. The topological polar surface area (TPSA) is 81.1 Å². The number of amides is 1. The molecule has 0 fully saturated rings. The zero-order valence-corrected chi connectivity index (χ0v) is 20.1. The van der Waals surface area contributed by atoms with Gasteiger partial charge in [-0.25, -0.2) is 4.68 Å². The lowest BCUT2D eigenvalue weighted by molar-refractivity contribution is -0.116. The van der Waals surface area contributed by atoms with Gasteiger partial charge >= 0.3 is 0 Å². The Morgan fingerprint density at radius 3 is 2.56 bits per heavy atom. The maximum Gasteiger partial charge on any atom is 0.240 e. The average molecular weight is 492 g/mol. The van der Waals surface area contributed by atoms with E-state index in [9.17, 15) is 4.79 Å². The second-order valence-corrected chi connectivity index (χ2v) is 9.42. The first-order chi connectivity index (χ1) is 16.5. The van der Waals surface area contributed by atoms with Crippen molar-refractivity contribution in [3.05, 3.63) is 88.9 Å². The van der Waals surface area contributed by atoms with E-state index in [-0.39, 0.29) is 5.91 Å². The van der Waals surface area contributed by atoms with Crippen LogP contribution in [0.4, 0.5) is 5.69 Å². The molecule has 5 rings (SSSR count). The molecule has 0 unspecified atom stereocenters. The molecular formula is C25H22ClN5O2S. The number of hydrogen-bond acceptors (Lipinski definition) is 6. The van der Waals surface area contributed by atoms with Crippen LogP contribution in [0.2, 0.25) is 5.02 Å². The first kappa shape index (κ1) is 22.3. The highest BCUT2D eigenvalue weighted by Gasteiger charge is 2.38. The van der Waals surface area contributed by atoms with Gasteiger partial charge in [-0.05, 0) is 36.8 Å². The number of methoxy groups -OCH3 is 1. The number of carbonyl (C=O) groups excluding carboxylic acids is 1. The zero-order chi connectivity index (χ0) is 23.7. The standard InChI is InChI=1S/C25H22ClN5O2S/c1-15-8-11-18(12-9-15)27-24(32)22-21(17-10-13-20(33-2)19(26)14-17)30-31-23(28-29-25(31)34-22)16-6-4-3-5-7-16/h3-14,21-22,30H,1-2H3,(H,27,32)/t21-,22+/m0/s1. The molecule has 2 N–H and O–H groups in total. The van der Waals surface area contributed by atoms with Gasteiger partial charge in [0.05, 0.1) is 18.2 Å². The number of benzene rings is 3. The van der Waals surface area contributed by atoms with Crippen molar-refractivity contribution in [2.45, 2.75) is 23.4 Å². The first-order valence-electron chi connectivity index (χ1n) is 10.7. The minimum absolute atomic E-state index is 0.145. The predicted octanol–water partition coefficient (Wildman–Crippen LogP) is 5.31. The summed E-state index contributed by atoms with van der Waals surface area (Å²) in [5.41, 5.74) is 7.09. The van der Waals surface area contributed by atoms with Gasteiger partial charge < -0.3 is 15.5 Å². The van der Waals surface area contributed by atoms with Crippen LogP contribution in [-0.4, -0.2) is 33.1 Å². The summed E-state index contributed by atoms with van der Waals surface area (Å²) in [5, 5.41) is 12.3. The second kappa shape index (κ2) is 9.40. The highest BCUT2D eigenvalue weighted by molar-refractivity contribution is 8.00. The number of ether oxygens (including phenoxy) is 1. The Kier molecular flexibility index (Phi) is 6.17. The molecule has 0 bridgehead atoms. The van der Waals surface area contributed by atoms with Crippen LogP contribution >= 0.6 is 23.4 Å². The van der Waals surface area contributed by atoms with E-state index in [1.54, 1.807) is 13.2 Å². The van der Waals surface area contributed by atoms with Crippen molar-refractivity contribution in [1.29, 1.82) is 0 Å². The molecule has 1 aromatic heterocycles. The normalized spacial score (nSPS) is 16.9. The maximum absolute atomic E-state index is 13.4. The Balaban J connectivity index is 1.52. The lowest BCUT2D eigenvalue weighted by atomic mass is 10.0. The zero-order valence-electron chi connectivity index (χ0n) is 18.5. The highest BCUT2D eigenvalue weighted by Crippen LogP contribution is 2.40. The summed E-state index contributed by atoms with van der Waals surface area (Å²) in [7, 11) is 1.57. The van der Waals surface area contributed by atoms with Gasteiger partial charge in [0.15, 0.2) is 5.82 Å². The first-order valence-corrected chi connectivity index (χ1v) is 11.9. The summed E-state index contributed by atoms with van der Waals surface area (Å²) in [4.78, 5) is 13.4. The molecule has 0 aliphatic carbocycles. The van der Waals surface area contributed by atoms with Gasteiger partial charge in [0.25, 0.3) is 0 Å². The van der Waals surface area contributed by atoms with Gasteiger partial charge in [0.2, 0.25) is 11.1 Å². The molecule has 1 amide bonds. The molecule has 0 saturated heterocycles. The summed E-state index contributed by atoms with van der Waals surface area (Å²) in [5.74, 6) is 1.10. The van der Waals surface area contributed by atoms with Crippen molar-refractivity contribution in [3.8, 4) is 17.1 Å². The summed E-state index contributed by atoms with van der Waals surface area (Å²) in [6.07, 6.45) is 0. The van der Waals surface area contributed by atoms with Gasteiger partial charge in [-0.2, -0.15) is 0 Å². The van der Waals surface area contributed by atoms with E-state index >= 15 is 0 Å². The molecule has 172 valence electrons. The third-order valence-corrected chi connectivity index (χ3v) is 7.09. The maximum atomic E-state index is 13.4. The molecule has 2 heterocycles. The Bertz CT molecular complexity index is 1330. The minimum Gasteiger partial charge on any atom is -0.495 e. The van der Waals surface area contributed by atoms with Gasteiger partial charge in [-0.15, -0.1) is 10.2 Å². The molecule has 0 radical (unpaired) electrons. The van der Waals surface area contributed by atoms with E-state index in [1.165, 1.54) is 11.8 Å². The Labute approximate surface area is 206 Å². The number of anilines is 1. The van der Waals surface area contributed by atoms with Gasteiger partial charge in [0.1, 0.15) is 11.0 Å². The van der Waals surface area contributed by atoms with Crippen LogP contribution < -0.4 is 15.5 Å². The van der Waals surface area contributed by atoms with E-state index in [0.29, 0.717) is 21.8 Å². The van der Waals surface area contributed by atoms with E-state index in [4.69, 9.17) is 16.3 Å². The largest absolute Gasteiger partial charge is 0.495 e. The van der Waals surface area contributed by atoms with Crippen LogP contribution in [0.3, 0.4) is 0 Å². The van der Waals surface area contributed by atoms with Gasteiger partial charge in [-0.1, -0.05) is 77.5 Å². The molecule has 0 spiro atoms. The second-order valence-electron chi connectivity index (χ2n) is 7.90. The van der Waals surface area contributed by atoms with Crippen LogP contribution in [0, 0.1) is 6.92 Å². The van der Waals surface area contributed by atoms with Crippen molar-refractivity contribution in [1.82, 2.24) is 14.9 Å². The number of fused-ring (bicyclic) bond motifs is 1. The summed E-state index contributed by atoms with van der Waals surface area (Å²) in [6.45, 7) is 2.01. The lowest BCUT2D eigenvalue weighted by Crippen LogP contribution is -2.41. The smallest absolute Gasteiger partial charge is 0.240 e. The summed E-state index contributed by atoms with van der Waals surface area (Å²) in [6, 6.07) is 22.6. The molecule has 0 saturated carbocycles. The number of halogens is 1. The van der Waals surface area contributed by atoms with Crippen molar-refractivity contribution in [3.63, 3.8) is 0 Å². The van der Waals surface area contributed by atoms with E-state index < -0.39 is 11.3 Å². The van der Waals surface area contributed by atoms with Gasteiger partial charge in [0, 0.05) is 11.3 Å². The van der Waals surface area contributed by atoms with Gasteiger partial charge in [-0.3, -0.25) is 4.79 Å². The molecule has 1 aliphatic rings. The summed E-state index contributed by atoms with van der Waals surface area (Å²) < 4.78 is 7.14. The monoisotopic (exact) mass is 491 g/mol. The minimum atomic E-state index is -0.522. The van der Waals surface area contributed by atoms with Crippen molar-refractivity contribution < 1.29 is 9.53 Å². The fourth-order valence-electron chi connectivity index (χ4n) is 3.81. The molecule has 3 aromatic carbocycles. The van der Waals surface area contributed by atoms with Crippen LogP contribution in [0.5, 0.6) is 5.75 Å². The predicted molar refractivity (Wildman–Crippen MR) is 135 cm³/mol. The van der Waals surface area contributed by atoms with E-state index in [2.05, 4.69) is 20.9 Å². The molecule has 4 aromatic rings. The van der Waals surface area contributed by atoms with E-state index in [1.807, 2.05) is 78.3 Å². The number of carbonyl (C=O) groups is 1. The van der Waals surface area contributed by atoms with Crippen molar-refractivity contribution in [2.24, 2.45) is 0 Å². The quantitative estimate of drug-likeness (QED) is 0.393. The molecule has 1 aliphatic heterocycles. The number of rotatable bonds is 5. The number of aryl methyl sites for hydroxylation is 1. The van der Waals surface area contributed by atoms with Crippen LogP contribution in [0.25, 0.3) is 11.4 Å². The van der Waals surface area contributed by atoms with Crippen molar-refractivity contribution in [2.75, 3.05) is 17.9 Å². The fraction of sp³-hybridized carbons (Fsp3) is 0.160. The number of nitrogens with zero attached hydrogens (tertiary/aromatic N) is 3. The molecule has 7 nitrogen and oxygen atoms in total. The Morgan fingerprint density at radius 2 is 1.85 bits per heavy atom. The average Bonchev–Trinajstić information content (AvgIpc) is 3.28. The number of hydrogen-bond donors (Lipinski definition) is 2. The highest BCUT2D eigenvalue weighted by atomic mass is 35.5. The SMILES string of the molecule is COc1ccc([C@@H]2Nn3c(nnc3-c3ccccc3)S[C@H]2C(=O)Nc2ccc(C)cc2)cc1Cl. The fourth-order valence-corrected chi connectivity index (χ4v) is 5.15. The molecule has 2 atom stereocenters. The number of aromatic nitrogens is 3. The Morgan fingerprint density at radius 1 is 1.09 bits per heavy atom. The van der Waals surface area contributed by atoms with Crippen LogP contribution in [-0.2, 0) is 4.79 Å². The molecular weight excluding hydrogens is 470 g/mol. The van der Waals surface area contributed by atoms with Crippen LogP contribution in [0.15, 0.2) is 78.0 Å². The molecule has 34 heavy (non-hydrogen) atoms. The lowest BCUT2D eigenvalue weighted by Gasteiger charge is -2.33. The number of thioether (sulfide) groups is 1. The molecule has 9 heteroatoms.